The van der Waals surface area contributed by atoms with Crippen LogP contribution in [-0.4, -0.2) is 85.7 Å². The number of esters is 5. The summed E-state index contributed by atoms with van der Waals surface area (Å²) in [5.41, 5.74) is -0.927. The minimum Gasteiger partial charge on any atom is -0.477 e. The first-order chi connectivity index (χ1) is 17.0. The summed E-state index contributed by atoms with van der Waals surface area (Å²) in [6.45, 7) is 8.54. The molecule has 0 aromatic rings. The molecule has 37 heavy (non-hydrogen) atoms. The van der Waals surface area contributed by atoms with E-state index >= 15 is 0 Å². The fourth-order valence-corrected chi connectivity index (χ4v) is 3.25. The number of carbonyl (C=O) groups excluding carboxylic acids is 6. The summed E-state index contributed by atoms with van der Waals surface area (Å²) >= 11 is 0. The van der Waals surface area contributed by atoms with Crippen molar-refractivity contribution < 1.29 is 61.9 Å². The van der Waals surface area contributed by atoms with Crippen molar-refractivity contribution in [1.29, 1.82) is 0 Å². The topological polar surface area (TPSA) is 179 Å². The van der Waals surface area contributed by atoms with E-state index < -0.39 is 84.4 Å². The number of carbonyl (C=O) groups is 6. The number of hydrogen-bond acceptors (Lipinski definition) is 13. The van der Waals surface area contributed by atoms with Crippen molar-refractivity contribution in [2.75, 3.05) is 13.7 Å². The molecule has 1 unspecified atom stereocenters. The third-order valence-electron chi connectivity index (χ3n) is 4.42. The van der Waals surface area contributed by atoms with Gasteiger partial charge in [-0.2, -0.15) is 0 Å². The van der Waals surface area contributed by atoms with E-state index in [0.717, 1.165) is 40.9 Å². The average Bonchev–Trinajstić information content (AvgIpc) is 2.73. The number of rotatable bonds is 9. The van der Waals surface area contributed by atoms with E-state index in [1.165, 1.54) is 0 Å². The minimum atomic E-state index is -1.59. The first-order valence-electron chi connectivity index (χ1n) is 11.1. The third-order valence-corrected chi connectivity index (χ3v) is 4.42. The highest BCUT2D eigenvalue weighted by molar-refractivity contribution is 5.86. The van der Waals surface area contributed by atoms with Crippen LogP contribution < -0.4 is 5.32 Å². The lowest BCUT2D eigenvalue weighted by molar-refractivity contribution is -0.191. The van der Waals surface area contributed by atoms with Crippen molar-refractivity contribution in [3.63, 3.8) is 0 Å². The van der Waals surface area contributed by atoms with Gasteiger partial charge in [0.15, 0.2) is 18.3 Å². The molecular weight excluding hydrogens is 498 g/mol. The second kappa shape index (κ2) is 13.5. The summed E-state index contributed by atoms with van der Waals surface area (Å²) in [4.78, 5) is 72.2. The number of hydrogen-bond donors (Lipinski definition) is 1. The summed E-state index contributed by atoms with van der Waals surface area (Å²) in [6.07, 6.45) is -5.84. The van der Waals surface area contributed by atoms with Gasteiger partial charge in [0.1, 0.15) is 24.4 Å². The zero-order valence-corrected chi connectivity index (χ0v) is 22.0. The monoisotopic (exact) mass is 531 g/mol. The molecule has 0 aliphatic carbocycles. The zero-order valence-electron chi connectivity index (χ0n) is 22.0. The van der Waals surface area contributed by atoms with E-state index in [4.69, 9.17) is 33.2 Å². The van der Waals surface area contributed by atoms with Crippen LogP contribution >= 0.6 is 0 Å². The van der Waals surface area contributed by atoms with E-state index in [1.54, 1.807) is 20.8 Å². The van der Waals surface area contributed by atoms with Crippen LogP contribution in [-0.2, 0) is 57.1 Å². The van der Waals surface area contributed by atoms with Gasteiger partial charge in [0.25, 0.3) is 0 Å². The molecule has 1 heterocycles. The van der Waals surface area contributed by atoms with Crippen LogP contribution in [0.5, 0.6) is 0 Å². The van der Waals surface area contributed by atoms with E-state index in [-0.39, 0.29) is 0 Å². The predicted molar refractivity (Wildman–Crippen MR) is 121 cm³/mol. The Kier molecular flexibility index (Phi) is 11.3. The lowest BCUT2D eigenvalue weighted by Gasteiger charge is -2.41. The molecule has 1 rings (SSSR count). The average molecular weight is 532 g/mol. The fourth-order valence-electron chi connectivity index (χ4n) is 3.25. The molecule has 14 heteroatoms. The summed E-state index contributed by atoms with van der Waals surface area (Å²) < 4.78 is 36.6. The normalized spacial score (nSPS) is 20.5. The molecule has 14 nitrogen and oxygen atoms in total. The van der Waals surface area contributed by atoms with Gasteiger partial charge in [0, 0.05) is 33.8 Å². The highest BCUT2D eigenvalue weighted by Crippen LogP contribution is 2.28. The van der Waals surface area contributed by atoms with Crippen molar-refractivity contribution in [2.24, 2.45) is 0 Å². The Morgan fingerprint density at radius 1 is 0.946 bits per heavy atom. The lowest BCUT2D eigenvalue weighted by atomic mass is 9.93. The maximum Gasteiger partial charge on any atom is 0.408 e. The van der Waals surface area contributed by atoms with Crippen LogP contribution in [0.2, 0.25) is 0 Å². The number of alkyl carbamates (subject to hydrolysis) is 1. The molecule has 0 saturated carbocycles. The molecule has 208 valence electrons. The van der Waals surface area contributed by atoms with Crippen molar-refractivity contribution >= 4 is 35.9 Å². The second-order valence-electron chi connectivity index (χ2n) is 8.88. The van der Waals surface area contributed by atoms with E-state index in [1.807, 2.05) is 0 Å². The van der Waals surface area contributed by atoms with Gasteiger partial charge < -0.3 is 38.5 Å². The van der Waals surface area contributed by atoms with Crippen molar-refractivity contribution in [3.8, 4) is 0 Å². The quantitative estimate of drug-likeness (QED) is 0.325. The molecule has 1 aliphatic heterocycles. The largest absolute Gasteiger partial charge is 0.477 e. The Balaban J connectivity index is 3.67. The van der Waals surface area contributed by atoms with Crippen molar-refractivity contribution in [1.82, 2.24) is 5.32 Å². The third kappa shape index (κ3) is 10.8. The zero-order chi connectivity index (χ0) is 28.5. The SMILES string of the molecule is COC(=O)C1=C[C@H](OC(C)=O)[C@@H](NC(=O)OC(C)(C)C)[C@H]([C@H](OC(C)=O)C(COC(C)=O)OC(C)=O)O1. The van der Waals surface area contributed by atoms with E-state index in [0.29, 0.717) is 0 Å². The van der Waals surface area contributed by atoms with Gasteiger partial charge in [0.05, 0.1) is 7.11 Å². The van der Waals surface area contributed by atoms with Gasteiger partial charge >= 0.3 is 35.9 Å². The van der Waals surface area contributed by atoms with E-state index in [2.05, 4.69) is 5.32 Å². The maximum atomic E-state index is 12.7. The van der Waals surface area contributed by atoms with Gasteiger partial charge in [-0.1, -0.05) is 0 Å². The maximum absolute atomic E-state index is 12.7. The summed E-state index contributed by atoms with van der Waals surface area (Å²) in [7, 11) is 1.07. The van der Waals surface area contributed by atoms with Gasteiger partial charge in [-0.3, -0.25) is 19.2 Å². The Bertz CT molecular complexity index is 920. The predicted octanol–water partition coefficient (Wildman–Crippen LogP) is 0.694. The molecule has 0 aromatic heterocycles. The Morgan fingerprint density at radius 3 is 2.00 bits per heavy atom. The molecule has 1 aliphatic rings. The van der Waals surface area contributed by atoms with Crippen LogP contribution in [0.3, 0.4) is 0 Å². The fraction of sp³-hybridized carbons (Fsp3) is 0.652. The molecule has 5 atom stereocenters. The smallest absolute Gasteiger partial charge is 0.408 e. The summed E-state index contributed by atoms with van der Waals surface area (Å²) in [5.74, 6) is -4.66. The number of ether oxygens (including phenoxy) is 7. The van der Waals surface area contributed by atoms with Crippen LogP contribution in [0.25, 0.3) is 0 Å². The van der Waals surface area contributed by atoms with Gasteiger partial charge in [-0.25, -0.2) is 9.59 Å². The second-order valence-corrected chi connectivity index (χ2v) is 8.88. The highest BCUT2D eigenvalue weighted by atomic mass is 16.6. The Labute approximate surface area is 213 Å². The highest BCUT2D eigenvalue weighted by Gasteiger charge is 2.49. The molecule has 0 bridgehead atoms. The molecule has 1 amide bonds. The van der Waals surface area contributed by atoms with Crippen LogP contribution in [0, 0.1) is 0 Å². The number of amides is 1. The molecule has 1 N–H and O–H groups in total. The Hall–Kier alpha value is -3.84. The van der Waals surface area contributed by atoms with Crippen molar-refractivity contribution in [3.05, 3.63) is 11.8 Å². The van der Waals surface area contributed by atoms with Gasteiger partial charge in [0.2, 0.25) is 5.76 Å². The van der Waals surface area contributed by atoms with Crippen molar-refractivity contribution in [2.45, 2.75) is 84.5 Å². The summed E-state index contributed by atoms with van der Waals surface area (Å²) in [5, 5.41) is 2.49. The molecular formula is C23H33NO13. The summed E-state index contributed by atoms with van der Waals surface area (Å²) in [6, 6.07) is -1.35. The standard InChI is InChI=1S/C23H33NO13/c1-11(25)32-10-17(34-13(3)27)19(35-14(4)28)20-18(24-22(30)37-23(5,6)7)15(33-12(2)26)9-16(36-20)21(29)31-8/h9,15,17-20H,10H2,1-8H3,(H,24,30)/t15-,17?,18+,19+,20+/m0/s1. The first kappa shape index (κ1) is 31.2. The van der Waals surface area contributed by atoms with Gasteiger partial charge in [-0.05, 0) is 20.8 Å². The number of methoxy groups -OCH3 is 1. The Morgan fingerprint density at radius 2 is 1.54 bits per heavy atom. The van der Waals surface area contributed by atoms with E-state index in [9.17, 15) is 28.8 Å². The lowest BCUT2D eigenvalue weighted by Crippen LogP contribution is -2.62. The molecule has 0 spiro atoms. The first-order valence-corrected chi connectivity index (χ1v) is 11.1. The number of nitrogens with one attached hydrogen (secondary N) is 1. The molecule has 0 saturated heterocycles. The minimum absolute atomic E-state index is 0.452. The molecule has 0 radical (unpaired) electrons. The van der Waals surface area contributed by atoms with Crippen LogP contribution in [0.1, 0.15) is 48.5 Å². The van der Waals surface area contributed by atoms with Crippen LogP contribution in [0.4, 0.5) is 4.79 Å². The van der Waals surface area contributed by atoms with Crippen LogP contribution in [0.15, 0.2) is 11.8 Å². The molecule has 0 aromatic carbocycles. The van der Waals surface area contributed by atoms with Gasteiger partial charge in [-0.15, -0.1) is 0 Å². The molecule has 0 fully saturated rings.